The van der Waals surface area contributed by atoms with E-state index >= 15 is 0 Å². The molecule has 2 N–H and O–H groups in total. The minimum atomic E-state index is -0.678. The van der Waals surface area contributed by atoms with Crippen molar-refractivity contribution in [1.29, 1.82) is 0 Å². The molecule has 27 heavy (non-hydrogen) atoms. The molecule has 0 saturated heterocycles. The maximum Gasteiger partial charge on any atom is 0.338 e. The molecule has 2 aromatic carbocycles. The molecule has 0 spiro atoms. The van der Waals surface area contributed by atoms with E-state index in [2.05, 4.69) is 10.6 Å². The second kappa shape index (κ2) is 8.27. The van der Waals surface area contributed by atoms with E-state index in [1.165, 1.54) is 24.3 Å². The fourth-order valence-electron chi connectivity index (χ4n) is 2.38. The lowest BCUT2D eigenvalue weighted by molar-refractivity contribution is -0.119. The van der Waals surface area contributed by atoms with Crippen molar-refractivity contribution >= 4 is 29.8 Å². The lowest BCUT2D eigenvalue weighted by atomic mass is 10.1. The summed E-state index contributed by atoms with van der Waals surface area (Å²) in [6.07, 6.45) is 2.59. The number of carbonyl (C=O) groups is 4. The molecule has 1 aliphatic rings. The maximum atomic E-state index is 12.2. The topological polar surface area (TPSA) is 102 Å². The van der Waals surface area contributed by atoms with Gasteiger partial charge in [0.1, 0.15) is 6.29 Å². The monoisotopic (exact) mass is 366 g/mol. The van der Waals surface area contributed by atoms with Crippen molar-refractivity contribution < 1.29 is 23.9 Å². The third kappa shape index (κ3) is 5.01. The molecule has 0 aliphatic heterocycles. The average molecular weight is 366 g/mol. The molecule has 0 heterocycles. The van der Waals surface area contributed by atoms with Crippen LogP contribution in [0, 0.1) is 0 Å². The normalized spacial score (nSPS) is 12.7. The minimum absolute atomic E-state index is 0.202. The molecule has 1 aliphatic carbocycles. The van der Waals surface area contributed by atoms with Crippen molar-refractivity contribution in [2.45, 2.75) is 18.9 Å². The van der Waals surface area contributed by atoms with E-state index in [9.17, 15) is 19.2 Å². The Bertz CT molecular complexity index is 872. The molecular weight excluding hydrogens is 348 g/mol. The quantitative estimate of drug-likeness (QED) is 0.578. The Kier molecular flexibility index (Phi) is 5.61. The molecule has 0 unspecified atom stereocenters. The number of para-hydroxylation sites is 1. The molecular formula is C20H18N2O5. The molecule has 7 nitrogen and oxygen atoms in total. The van der Waals surface area contributed by atoms with Gasteiger partial charge in [-0.2, -0.15) is 0 Å². The number of carbonyl (C=O) groups excluding carboxylic acids is 4. The summed E-state index contributed by atoms with van der Waals surface area (Å²) in [5, 5.41) is 5.45. The fraction of sp³-hybridized carbons (Fsp3) is 0.200. The largest absolute Gasteiger partial charge is 0.452 e. The SMILES string of the molecule is O=Cc1ccc(C(=O)OCC(=O)Nc2ccccc2C(=O)NC2CC2)cc1. The second-order valence-electron chi connectivity index (χ2n) is 6.16. The first kappa shape index (κ1) is 18.3. The number of anilines is 1. The van der Waals surface area contributed by atoms with E-state index < -0.39 is 18.5 Å². The number of amides is 2. The summed E-state index contributed by atoms with van der Waals surface area (Å²) >= 11 is 0. The molecule has 0 atom stereocenters. The van der Waals surface area contributed by atoms with Gasteiger partial charge in [0.25, 0.3) is 11.8 Å². The molecule has 2 amide bonds. The Balaban J connectivity index is 1.56. The van der Waals surface area contributed by atoms with Gasteiger partial charge in [-0.05, 0) is 37.1 Å². The van der Waals surface area contributed by atoms with Crippen molar-refractivity contribution in [2.75, 3.05) is 11.9 Å². The Morgan fingerprint density at radius 2 is 1.74 bits per heavy atom. The van der Waals surface area contributed by atoms with Crippen molar-refractivity contribution in [3.05, 3.63) is 65.2 Å². The Morgan fingerprint density at radius 3 is 2.41 bits per heavy atom. The van der Waals surface area contributed by atoms with Gasteiger partial charge in [0.15, 0.2) is 6.61 Å². The zero-order valence-electron chi connectivity index (χ0n) is 14.4. The van der Waals surface area contributed by atoms with Gasteiger partial charge in [0.2, 0.25) is 0 Å². The predicted octanol–water partition coefficient (Wildman–Crippen LogP) is 2.19. The average Bonchev–Trinajstić information content (AvgIpc) is 3.50. The van der Waals surface area contributed by atoms with E-state index in [0.717, 1.165) is 12.8 Å². The van der Waals surface area contributed by atoms with Crippen molar-refractivity contribution in [2.24, 2.45) is 0 Å². The highest BCUT2D eigenvalue weighted by Crippen LogP contribution is 2.21. The zero-order valence-corrected chi connectivity index (χ0v) is 14.4. The number of hydrogen-bond donors (Lipinski definition) is 2. The summed E-state index contributed by atoms with van der Waals surface area (Å²) in [6, 6.07) is 12.7. The van der Waals surface area contributed by atoms with Gasteiger partial charge >= 0.3 is 5.97 Å². The smallest absolute Gasteiger partial charge is 0.338 e. The van der Waals surface area contributed by atoms with Crippen LogP contribution in [0.2, 0.25) is 0 Å². The molecule has 0 bridgehead atoms. The minimum Gasteiger partial charge on any atom is -0.452 e. The molecule has 0 radical (unpaired) electrons. The molecule has 7 heteroatoms. The number of nitrogens with one attached hydrogen (secondary N) is 2. The molecule has 3 rings (SSSR count). The van der Waals surface area contributed by atoms with Crippen LogP contribution in [0.4, 0.5) is 5.69 Å². The fourth-order valence-corrected chi connectivity index (χ4v) is 2.38. The van der Waals surface area contributed by atoms with E-state index in [-0.39, 0.29) is 17.5 Å². The van der Waals surface area contributed by atoms with Crippen LogP contribution in [0.25, 0.3) is 0 Å². The molecule has 0 aromatic heterocycles. The standard InChI is InChI=1S/C20H18N2O5/c23-11-13-5-7-14(8-6-13)20(26)27-12-18(24)22-17-4-2-1-3-16(17)19(25)21-15-9-10-15/h1-8,11,15H,9-10,12H2,(H,21,25)(H,22,24). The number of benzene rings is 2. The molecule has 1 fully saturated rings. The van der Waals surface area contributed by atoms with Crippen LogP contribution in [-0.2, 0) is 9.53 Å². The van der Waals surface area contributed by atoms with Crippen LogP contribution < -0.4 is 10.6 Å². The summed E-state index contributed by atoms with van der Waals surface area (Å²) in [5.41, 5.74) is 1.38. The second-order valence-corrected chi connectivity index (χ2v) is 6.16. The third-order valence-corrected chi connectivity index (χ3v) is 3.98. The number of hydrogen-bond acceptors (Lipinski definition) is 5. The van der Waals surface area contributed by atoms with Gasteiger partial charge in [-0.1, -0.05) is 24.3 Å². The van der Waals surface area contributed by atoms with Crippen LogP contribution in [0.1, 0.15) is 43.9 Å². The van der Waals surface area contributed by atoms with Crippen molar-refractivity contribution in [3.8, 4) is 0 Å². The van der Waals surface area contributed by atoms with Gasteiger partial charge < -0.3 is 15.4 Å². The predicted molar refractivity (Wildman–Crippen MR) is 97.7 cm³/mol. The molecule has 2 aromatic rings. The Labute approximate surface area is 155 Å². The van der Waals surface area contributed by atoms with E-state index in [1.54, 1.807) is 24.3 Å². The zero-order chi connectivity index (χ0) is 19.2. The van der Waals surface area contributed by atoms with Crippen LogP contribution in [0.3, 0.4) is 0 Å². The number of rotatable bonds is 7. The van der Waals surface area contributed by atoms with Crippen molar-refractivity contribution in [3.63, 3.8) is 0 Å². The summed E-state index contributed by atoms with van der Waals surface area (Å²) in [5.74, 6) is -1.48. The summed E-state index contributed by atoms with van der Waals surface area (Å²) in [7, 11) is 0. The third-order valence-electron chi connectivity index (χ3n) is 3.98. The molecule has 138 valence electrons. The van der Waals surface area contributed by atoms with Crippen LogP contribution in [-0.4, -0.2) is 36.7 Å². The van der Waals surface area contributed by atoms with Gasteiger partial charge in [0, 0.05) is 11.6 Å². The Morgan fingerprint density at radius 1 is 1.04 bits per heavy atom. The Hall–Kier alpha value is -3.48. The van der Waals surface area contributed by atoms with Crippen molar-refractivity contribution in [1.82, 2.24) is 5.32 Å². The first-order chi connectivity index (χ1) is 13.1. The first-order valence-corrected chi connectivity index (χ1v) is 8.49. The van der Waals surface area contributed by atoms with Crippen LogP contribution in [0.5, 0.6) is 0 Å². The van der Waals surface area contributed by atoms with Gasteiger partial charge in [-0.15, -0.1) is 0 Å². The number of aldehydes is 1. The summed E-state index contributed by atoms with van der Waals surface area (Å²) < 4.78 is 4.97. The number of esters is 1. The highest BCUT2D eigenvalue weighted by molar-refractivity contribution is 6.04. The van der Waals surface area contributed by atoms with E-state index in [0.29, 0.717) is 23.1 Å². The van der Waals surface area contributed by atoms with Crippen LogP contribution in [0.15, 0.2) is 48.5 Å². The lowest BCUT2D eigenvalue weighted by Gasteiger charge is -2.11. The highest BCUT2D eigenvalue weighted by atomic mass is 16.5. The summed E-state index contributed by atoms with van der Waals surface area (Å²) in [6.45, 7) is -0.493. The number of ether oxygens (including phenoxy) is 1. The van der Waals surface area contributed by atoms with Crippen LogP contribution >= 0.6 is 0 Å². The van der Waals surface area contributed by atoms with Gasteiger partial charge in [-0.25, -0.2) is 4.79 Å². The van der Waals surface area contributed by atoms with Gasteiger partial charge in [0.05, 0.1) is 16.8 Å². The first-order valence-electron chi connectivity index (χ1n) is 8.49. The maximum absolute atomic E-state index is 12.2. The van der Waals surface area contributed by atoms with E-state index in [4.69, 9.17) is 4.74 Å². The van der Waals surface area contributed by atoms with E-state index in [1.807, 2.05) is 0 Å². The highest BCUT2D eigenvalue weighted by Gasteiger charge is 2.25. The lowest BCUT2D eigenvalue weighted by Crippen LogP contribution is -2.28. The summed E-state index contributed by atoms with van der Waals surface area (Å²) in [4.78, 5) is 46.9. The molecule has 1 saturated carbocycles. The van der Waals surface area contributed by atoms with Gasteiger partial charge in [-0.3, -0.25) is 14.4 Å².